The van der Waals surface area contributed by atoms with E-state index in [1.165, 1.54) is 6.07 Å². The molecule has 1 aromatic rings. The summed E-state index contributed by atoms with van der Waals surface area (Å²) < 4.78 is 52.3. The predicted molar refractivity (Wildman–Crippen MR) is 82.7 cm³/mol. The number of benzene rings is 1. The van der Waals surface area contributed by atoms with Gasteiger partial charge in [-0.05, 0) is 31.9 Å². The molecule has 0 saturated carbocycles. The Morgan fingerprint density at radius 2 is 1.96 bits per heavy atom. The first-order chi connectivity index (χ1) is 10.8. The zero-order valence-corrected chi connectivity index (χ0v) is 13.8. The molecule has 1 aliphatic heterocycles. The van der Waals surface area contributed by atoms with Crippen molar-refractivity contribution < 1.29 is 17.6 Å². The summed E-state index contributed by atoms with van der Waals surface area (Å²) in [7, 11) is 0. The van der Waals surface area contributed by atoms with E-state index < -0.39 is 17.6 Å². The van der Waals surface area contributed by atoms with Gasteiger partial charge in [-0.15, -0.1) is 0 Å². The molecule has 1 saturated heterocycles. The number of piperazine rings is 1. The molecular formula is C17H24F4N2. The summed E-state index contributed by atoms with van der Waals surface area (Å²) >= 11 is 0. The van der Waals surface area contributed by atoms with Gasteiger partial charge in [0, 0.05) is 36.8 Å². The SMILES string of the molecule is CC[C@H]1CN(C(C)c2ccc(C(F)(F)F)cc2F)[C@H](CC)CN1. The van der Waals surface area contributed by atoms with Gasteiger partial charge in [0.1, 0.15) is 5.82 Å². The van der Waals surface area contributed by atoms with Gasteiger partial charge in [0.05, 0.1) is 5.56 Å². The Labute approximate surface area is 134 Å². The Hall–Kier alpha value is -1.14. The van der Waals surface area contributed by atoms with Crippen molar-refractivity contribution in [3.8, 4) is 0 Å². The molecule has 2 nitrogen and oxygen atoms in total. The van der Waals surface area contributed by atoms with Gasteiger partial charge < -0.3 is 5.32 Å². The van der Waals surface area contributed by atoms with Gasteiger partial charge in [0.25, 0.3) is 0 Å². The lowest BCUT2D eigenvalue weighted by atomic mass is 9.97. The quantitative estimate of drug-likeness (QED) is 0.824. The average Bonchev–Trinajstić information content (AvgIpc) is 2.52. The lowest BCUT2D eigenvalue weighted by Crippen LogP contribution is -2.56. The van der Waals surface area contributed by atoms with E-state index in [1.807, 2.05) is 6.92 Å². The number of alkyl halides is 3. The molecule has 1 heterocycles. The molecule has 23 heavy (non-hydrogen) atoms. The van der Waals surface area contributed by atoms with Gasteiger partial charge in [-0.1, -0.05) is 19.9 Å². The molecule has 1 aromatic carbocycles. The Kier molecular flexibility index (Phi) is 5.68. The topological polar surface area (TPSA) is 15.3 Å². The molecule has 1 aliphatic rings. The van der Waals surface area contributed by atoms with E-state index in [4.69, 9.17) is 0 Å². The van der Waals surface area contributed by atoms with Gasteiger partial charge in [-0.25, -0.2) is 4.39 Å². The average molecular weight is 332 g/mol. The number of nitrogens with zero attached hydrogens (tertiary/aromatic N) is 1. The number of hydrogen-bond donors (Lipinski definition) is 1. The van der Waals surface area contributed by atoms with Crippen LogP contribution in [0.2, 0.25) is 0 Å². The molecule has 0 radical (unpaired) electrons. The molecule has 1 fully saturated rings. The molecule has 130 valence electrons. The number of halogens is 4. The molecule has 0 spiro atoms. The van der Waals surface area contributed by atoms with E-state index in [2.05, 4.69) is 24.1 Å². The molecule has 0 aromatic heterocycles. The fourth-order valence-electron chi connectivity index (χ4n) is 3.24. The highest BCUT2D eigenvalue weighted by atomic mass is 19.4. The summed E-state index contributed by atoms with van der Waals surface area (Å²) in [5.74, 6) is -0.784. The van der Waals surface area contributed by atoms with E-state index in [-0.39, 0.29) is 12.1 Å². The highest BCUT2D eigenvalue weighted by Crippen LogP contribution is 2.33. The standard InChI is InChI=1S/C17H24F4N2/c1-4-13-10-23(14(5-2)9-22-13)11(3)15-7-6-12(8-16(15)18)17(19,20)21/h6-8,11,13-14,22H,4-5,9-10H2,1-3H3/t11?,13-,14+/m0/s1. The molecule has 1 N–H and O–H groups in total. The van der Waals surface area contributed by atoms with Crippen LogP contribution >= 0.6 is 0 Å². The van der Waals surface area contributed by atoms with Crippen molar-refractivity contribution in [1.82, 2.24) is 10.2 Å². The molecule has 0 aliphatic carbocycles. The van der Waals surface area contributed by atoms with Crippen LogP contribution in [0.25, 0.3) is 0 Å². The van der Waals surface area contributed by atoms with Crippen molar-refractivity contribution in [1.29, 1.82) is 0 Å². The lowest BCUT2D eigenvalue weighted by Gasteiger charge is -2.43. The van der Waals surface area contributed by atoms with E-state index in [0.717, 1.165) is 32.0 Å². The first kappa shape index (κ1) is 18.2. The van der Waals surface area contributed by atoms with Crippen molar-refractivity contribution in [3.05, 3.63) is 35.1 Å². The summed E-state index contributed by atoms with van der Waals surface area (Å²) in [6.07, 6.45) is -2.64. The highest BCUT2D eigenvalue weighted by Gasteiger charge is 2.34. The Bertz CT molecular complexity index is 530. The van der Waals surface area contributed by atoms with E-state index in [1.54, 1.807) is 0 Å². The van der Waals surface area contributed by atoms with Crippen LogP contribution in [-0.2, 0) is 6.18 Å². The molecule has 1 unspecified atom stereocenters. The number of hydrogen-bond acceptors (Lipinski definition) is 2. The van der Waals surface area contributed by atoms with Gasteiger partial charge in [-0.3, -0.25) is 4.90 Å². The second-order valence-electron chi connectivity index (χ2n) is 6.18. The van der Waals surface area contributed by atoms with E-state index in [0.29, 0.717) is 17.7 Å². The first-order valence-corrected chi connectivity index (χ1v) is 8.13. The molecule has 6 heteroatoms. The van der Waals surface area contributed by atoms with Gasteiger partial charge in [-0.2, -0.15) is 13.2 Å². The van der Waals surface area contributed by atoms with Crippen LogP contribution in [0.4, 0.5) is 17.6 Å². The van der Waals surface area contributed by atoms with Crippen LogP contribution in [0, 0.1) is 5.82 Å². The Balaban J connectivity index is 2.25. The monoisotopic (exact) mass is 332 g/mol. The summed E-state index contributed by atoms with van der Waals surface area (Å²) in [4.78, 5) is 2.20. The van der Waals surface area contributed by atoms with Crippen molar-refractivity contribution in [2.75, 3.05) is 13.1 Å². The summed E-state index contributed by atoms with van der Waals surface area (Å²) in [5, 5.41) is 3.47. The van der Waals surface area contributed by atoms with Crippen LogP contribution in [-0.4, -0.2) is 30.1 Å². The number of rotatable bonds is 4. The third kappa shape index (κ3) is 4.04. The summed E-state index contributed by atoms with van der Waals surface area (Å²) in [6.45, 7) is 7.62. The van der Waals surface area contributed by atoms with Crippen molar-refractivity contribution in [2.45, 2.75) is 57.9 Å². The van der Waals surface area contributed by atoms with Crippen LogP contribution in [0.3, 0.4) is 0 Å². The van der Waals surface area contributed by atoms with E-state index >= 15 is 0 Å². The first-order valence-electron chi connectivity index (χ1n) is 8.13. The van der Waals surface area contributed by atoms with Crippen molar-refractivity contribution in [3.63, 3.8) is 0 Å². The molecule has 0 amide bonds. The zero-order valence-electron chi connectivity index (χ0n) is 13.8. The highest BCUT2D eigenvalue weighted by molar-refractivity contribution is 5.28. The minimum absolute atomic E-state index is 0.251. The molecule has 2 rings (SSSR count). The van der Waals surface area contributed by atoms with Crippen molar-refractivity contribution >= 4 is 0 Å². The second-order valence-corrected chi connectivity index (χ2v) is 6.18. The Morgan fingerprint density at radius 3 is 2.48 bits per heavy atom. The maximum Gasteiger partial charge on any atom is 0.416 e. The maximum absolute atomic E-state index is 14.3. The predicted octanol–water partition coefficient (Wildman–Crippen LogP) is 4.37. The normalized spacial score (nSPS) is 24.7. The molecular weight excluding hydrogens is 308 g/mol. The van der Waals surface area contributed by atoms with Crippen molar-refractivity contribution in [2.24, 2.45) is 0 Å². The molecule has 3 atom stereocenters. The largest absolute Gasteiger partial charge is 0.416 e. The summed E-state index contributed by atoms with van der Waals surface area (Å²) in [6, 6.07) is 3.19. The molecule has 0 bridgehead atoms. The van der Waals surface area contributed by atoms with Crippen LogP contribution in [0.15, 0.2) is 18.2 Å². The lowest BCUT2D eigenvalue weighted by molar-refractivity contribution is -0.137. The third-order valence-corrected chi connectivity index (χ3v) is 4.78. The van der Waals surface area contributed by atoms with Crippen LogP contribution in [0.1, 0.15) is 50.8 Å². The summed E-state index contributed by atoms with van der Waals surface area (Å²) in [5.41, 5.74) is -0.613. The fraction of sp³-hybridized carbons (Fsp3) is 0.647. The second kappa shape index (κ2) is 7.18. The van der Waals surface area contributed by atoms with Gasteiger partial charge >= 0.3 is 6.18 Å². The van der Waals surface area contributed by atoms with Gasteiger partial charge in [0.2, 0.25) is 0 Å². The third-order valence-electron chi connectivity index (χ3n) is 4.78. The fourth-order valence-corrected chi connectivity index (χ4v) is 3.24. The minimum Gasteiger partial charge on any atom is -0.311 e. The maximum atomic E-state index is 14.3. The minimum atomic E-state index is -4.52. The van der Waals surface area contributed by atoms with Crippen LogP contribution in [0.5, 0.6) is 0 Å². The van der Waals surface area contributed by atoms with E-state index in [9.17, 15) is 17.6 Å². The number of nitrogens with one attached hydrogen (secondary N) is 1. The van der Waals surface area contributed by atoms with Gasteiger partial charge in [0.15, 0.2) is 0 Å². The smallest absolute Gasteiger partial charge is 0.311 e. The zero-order chi connectivity index (χ0) is 17.2. The van der Waals surface area contributed by atoms with Crippen LogP contribution < -0.4 is 5.32 Å². The Morgan fingerprint density at radius 1 is 1.26 bits per heavy atom.